The van der Waals surface area contributed by atoms with E-state index in [9.17, 15) is 9.59 Å². The highest BCUT2D eigenvalue weighted by atomic mass is 35.5. The largest absolute Gasteiger partial charge is 0.443 e. The minimum Gasteiger partial charge on any atom is -0.443 e. The van der Waals surface area contributed by atoms with Gasteiger partial charge in [0.1, 0.15) is 5.60 Å². The van der Waals surface area contributed by atoms with Crippen molar-refractivity contribution in [3.8, 4) is 0 Å². The van der Waals surface area contributed by atoms with Crippen molar-refractivity contribution in [3.63, 3.8) is 0 Å². The maximum atomic E-state index is 13.1. The van der Waals surface area contributed by atoms with Crippen molar-refractivity contribution in [2.45, 2.75) is 45.8 Å². The average molecular weight is 430 g/mol. The molecule has 1 aromatic carbocycles. The van der Waals surface area contributed by atoms with Gasteiger partial charge in [-0.05, 0) is 88.0 Å². The number of hydrogen-bond donors (Lipinski definition) is 1. The second-order valence-corrected chi connectivity index (χ2v) is 9.53. The SMILES string of the molecule is CC(C)(C)OC(=O)N1C=C(N2Cc3cc(Cl)ccc3C2=O)C=C(C2CCNCC2)C1. The maximum absolute atomic E-state index is 13.1. The molecule has 0 unspecified atom stereocenters. The van der Waals surface area contributed by atoms with Crippen LogP contribution in [0.25, 0.3) is 0 Å². The Morgan fingerprint density at radius 3 is 2.63 bits per heavy atom. The van der Waals surface area contributed by atoms with E-state index in [1.54, 1.807) is 28.1 Å². The lowest BCUT2D eigenvalue weighted by molar-refractivity contribution is 0.0335. The number of nitrogens with one attached hydrogen (secondary N) is 1. The van der Waals surface area contributed by atoms with Crippen LogP contribution in [-0.2, 0) is 11.3 Å². The van der Waals surface area contributed by atoms with Crippen LogP contribution in [0.5, 0.6) is 0 Å². The molecule has 0 saturated carbocycles. The second-order valence-electron chi connectivity index (χ2n) is 9.10. The van der Waals surface area contributed by atoms with Gasteiger partial charge >= 0.3 is 6.09 Å². The predicted molar refractivity (Wildman–Crippen MR) is 116 cm³/mol. The molecule has 0 spiro atoms. The van der Waals surface area contributed by atoms with E-state index >= 15 is 0 Å². The van der Waals surface area contributed by atoms with Gasteiger partial charge in [0.15, 0.2) is 0 Å². The zero-order valence-electron chi connectivity index (χ0n) is 17.7. The molecule has 1 aromatic rings. The Hall–Kier alpha value is -2.31. The predicted octanol–water partition coefficient (Wildman–Crippen LogP) is 4.31. The Labute approximate surface area is 182 Å². The summed E-state index contributed by atoms with van der Waals surface area (Å²) in [5.74, 6) is 0.314. The van der Waals surface area contributed by atoms with E-state index < -0.39 is 11.7 Å². The lowest BCUT2D eigenvalue weighted by Gasteiger charge is -2.34. The summed E-state index contributed by atoms with van der Waals surface area (Å²) in [6.07, 6.45) is 5.47. The number of carbonyl (C=O) groups excluding carboxylic acids is 2. The zero-order valence-corrected chi connectivity index (χ0v) is 18.5. The molecular weight excluding hydrogens is 402 g/mol. The number of ether oxygens (including phenoxy) is 1. The quantitative estimate of drug-likeness (QED) is 0.760. The summed E-state index contributed by atoms with van der Waals surface area (Å²) >= 11 is 6.12. The Bertz CT molecular complexity index is 926. The summed E-state index contributed by atoms with van der Waals surface area (Å²) in [6.45, 7) is 8.41. The normalized spacial score (nSPS) is 20.1. The zero-order chi connectivity index (χ0) is 21.5. The van der Waals surface area contributed by atoms with Crippen LogP contribution < -0.4 is 5.32 Å². The van der Waals surface area contributed by atoms with Crippen LogP contribution in [0, 0.1) is 5.92 Å². The topological polar surface area (TPSA) is 61.9 Å². The van der Waals surface area contributed by atoms with Crippen molar-refractivity contribution >= 4 is 23.6 Å². The van der Waals surface area contributed by atoms with Crippen LogP contribution in [0.15, 0.2) is 41.7 Å². The summed E-state index contributed by atoms with van der Waals surface area (Å²) in [6, 6.07) is 5.34. The Kier molecular flexibility index (Phi) is 5.64. The van der Waals surface area contributed by atoms with Gasteiger partial charge in [-0.15, -0.1) is 0 Å². The van der Waals surface area contributed by atoms with E-state index in [1.165, 1.54) is 5.57 Å². The molecule has 30 heavy (non-hydrogen) atoms. The summed E-state index contributed by atoms with van der Waals surface area (Å²) in [5.41, 5.74) is 2.86. The highest BCUT2D eigenvalue weighted by molar-refractivity contribution is 6.30. The van der Waals surface area contributed by atoms with Gasteiger partial charge in [-0.2, -0.15) is 0 Å². The van der Waals surface area contributed by atoms with Crippen molar-refractivity contribution in [2.75, 3.05) is 19.6 Å². The molecule has 3 aliphatic rings. The molecule has 2 amide bonds. The summed E-state index contributed by atoms with van der Waals surface area (Å²) in [7, 11) is 0. The van der Waals surface area contributed by atoms with Gasteiger partial charge in [0.2, 0.25) is 0 Å². The van der Waals surface area contributed by atoms with Gasteiger partial charge < -0.3 is 15.0 Å². The van der Waals surface area contributed by atoms with E-state index in [4.69, 9.17) is 16.3 Å². The molecule has 0 aliphatic carbocycles. The number of halogens is 1. The van der Waals surface area contributed by atoms with Crippen LogP contribution >= 0.6 is 11.6 Å². The first-order chi connectivity index (χ1) is 14.2. The minimum atomic E-state index is -0.586. The number of benzene rings is 1. The molecule has 0 atom stereocenters. The number of carbonyl (C=O) groups is 2. The van der Waals surface area contributed by atoms with Gasteiger partial charge in [0.25, 0.3) is 5.91 Å². The third-order valence-corrected chi connectivity index (χ3v) is 5.88. The van der Waals surface area contributed by atoms with Crippen molar-refractivity contribution in [1.29, 1.82) is 0 Å². The highest BCUT2D eigenvalue weighted by Gasteiger charge is 2.34. The fraction of sp³-hybridized carbons (Fsp3) is 0.478. The number of allylic oxidation sites excluding steroid dienone is 1. The maximum Gasteiger partial charge on any atom is 0.414 e. The molecule has 0 aromatic heterocycles. The molecule has 6 nitrogen and oxygen atoms in total. The first-order valence-electron chi connectivity index (χ1n) is 10.4. The minimum absolute atomic E-state index is 0.0696. The van der Waals surface area contributed by atoms with Crippen LogP contribution in [0.1, 0.15) is 49.5 Å². The Morgan fingerprint density at radius 1 is 1.20 bits per heavy atom. The lowest BCUT2D eigenvalue weighted by Crippen LogP contribution is -2.40. The Balaban J connectivity index is 1.65. The molecule has 0 radical (unpaired) electrons. The number of hydrogen-bond acceptors (Lipinski definition) is 4. The van der Waals surface area contributed by atoms with Crippen molar-refractivity contribution in [3.05, 3.63) is 57.9 Å². The second kappa shape index (κ2) is 8.08. The van der Waals surface area contributed by atoms with Crippen LogP contribution in [0.4, 0.5) is 4.79 Å². The molecule has 1 N–H and O–H groups in total. The van der Waals surface area contributed by atoms with E-state index in [-0.39, 0.29) is 5.91 Å². The van der Waals surface area contributed by atoms with Crippen LogP contribution in [0.2, 0.25) is 5.02 Å². The van der Waals surface area contributed by atoms with Gasteiger partial charge in [-0.1, -0.05) is 11.6 Å². The molecule has 1 fully saturated rings. The summed E-state index contributed by atoms with van der Waals surface area (Å²) in [5, 5.41) is 4.00. The number of piperidine rings is 1. The van der Waals surface area contributed by atoms with Crippen molar-refractivity contribution < 1.29 is 14.3 Å². The third-order valence-electron chi connectivity index (χ3n) is 5.65. The molecule has 1 saturated heterocycles. The molecule has 0 bridgehead atoms. The molecule has 160 valence electrons. The summed E-state index contributed by atoms with van der Waals surface area (Å²) in [4.78, 5) is 29.2. The Morgan fingerprint density at radius 2 is 1.93 bits per heavy atom. The van der Waals surface area contributed by atoms with E-state index in [0.29, 0.717) is 29.6 Å². The van der Waals surface area contributed by atoms with Gasteiger partial charge in [-0.3, -0.25) is 9.69 Å². The van der Waals surface area contributed by atoms with Gasteiger partial charge in [-0.25, -0.2) is 4.79 Å². The van der Waals surface area contributed by atoms with Crippen molar-refractivity contribution in [2.24, 2.45) is 5.92 Å². The third kappa shape index (κ3) is 4.40. The lowest BCUT2D eigenvalue weighted by atomic mass is 9.88. The number of nitrogens with zero attached hydrogens (tertiary/aromatic N) is 2. The standard InChI is InChI=1S/C23H28ClN3O3/c1-23(2,3)30-22(29)26-12-16(15-6-8-25-9-7-15)11-19(14-26)27-13-17-10-18(24)4-5-20(17)21(27)28/h4-5,10-11,14-15,25H,6-9,12-13H2,1-3H3. The number of fused-ring (bicyclic) bond motifs is 1. The number of amides is 2. The van der Waals surface area contributed by atoms with Crippen molar-refractivity contribution in [1.82, 2.24) is 15.1 Å². The molecule has 3 aliphatic heterocycles. The van der Waals surface area contributed by atoms with Gasteiger partial charge in [0.05, 0.1) is 18.8 Å². The molecule has 3 heterocycles. The van der Waals surface area contributed by atoms with Gasteiger partial charge in [0, 0.05) is 16.8 Å². The molecule has 7 heteroatoms. The highest BCUT2D eigenvalue weighted by Crippen LogP contribution is 2.33. The first-order valence-corrected chi connectivity index (χ1v) is 10.8. The van der Waals surface area contributed by atoms with E-state index in [0.717, 1.165) is 37.2 Å². The van der Waals surface area contributed by atoms with E-state index in [2.05, 4.69) is 11.4 Å². The number of rotatable bonds is 2. The van der Waals surface area contributed by atoms with Crippen LogP contribution in [-0.4, -0.2) is 47.0 Å². The smallest absolute Gasteiger partial charge is 0.414 e. The average Bonchev–Trinajstić information content (AvgIpc) is 3.03. The monoisotopic (exact) mass is 429 g/mol. The first kappa shape index (κ1) is 20.9. The molecular formula is C23H28ClN3O3. The fourth-order valence-electron chi connectivity index (χ4n) is 4.20. The fourth-order valence-corrected chi connectivity index (χ4v) is 4.39. The van der Waals surface area contributed by atoms with Crippen LogP contribution in [0.3, 0.4) is 0 Å². The summed E-state index contributed by atoms with van der Waals surface area (Å²) < 4.78 is 5.61. The van der Waals surface area contributed by atoms with E-state index in [1.807, 2.05) is 26.8 Å². The molecule has 4 rings (SSSR count).